The number of hydrogen-bond donors (Lipinski definition) is 0. The zero-order valence-corrected chi connectivity index (χ0v) is 25.9. The molecule has 5 aliphatic carbocycles. The first-order chi connectivity index (χ1) is 19.2. The number of carbonyl (C=O) groups is 1. The van der Waals surface area contributed by atoms with Crippen molar-refractivity contribution in [2.75, 3.05) is 7.11 Å². The molecule has 0 unspecified atom stereocenters. The summed E-state index contributed by atoms with van der Waals surface area (Å²) in [6.07, 6.45) is 11.6. The summed E-state index contributed by atoms with van der Waals surface area (Å²) in [5.41, 5.74) is 0.810. The van der Waals surface area contributed by atoms with Crippen LogP contribution in [-0.2, 0) is 32.0 Å². The van der Waals surface area contributed by atoms with Crippen LogP contribution >= 0.6 is 0 Å². The van der Waals surface area contributed by atoms with Gasteiger partial charge in [0.2, 0.25) is 11.8 Å². The first-order valence-corrected chi connectivity index (χ1v) is 15.5. The number of aryl methyl sites for hydroxylation is 1. The number of aromatic nitrogens is 3. The Balaban J connectivity index is 1.38. The molecule has 222 valence electrons. The molecule has 0 bridgehead atoms. The molecule has 0 amide bonds. The summed E-state index contributed by atoms with van der Waals surface area (Å²) in [4.78, 5) is 26.1. The number of allylic oxidation sites excluding steroid dienone is 2. The molecule has 8 atom stereocenters. The summed E-state index contributed by atoms with van der Waals surface area (Å²) in [7, 11) is 1.56. The van der Waals surface area contributed by atoms with Crippen LogP contribution in [0.4, 0.5) is 0 Å². The van der Waals surface area contributed by atoms with Gasteiger partial charge < -0.3 is 8.94 Å². The predicted octanol–water partition coefficient (Wildman–Crippen LogP) is 6.83. The van der Waals surface area contributed by atoms with Crippen LogP contribution in [0.2, 0.25) is 0 Å². The molecule has 8 nitrogen and oxygen atoms in total. The van der Waals surface area contributed by atoms with Crippen molar-refractivity contribution in [3.63, 3.8) is 0 Å². The second-order valence-corrected chi connectivity index (χ2v) is 15.7. The van der Waals surface area contributed by atoms with E-state index in [2.05, 4.69) is 63.0 Å². The van der Waals surface area contributed by atoms with Gasteiger partial charge >= 0.3 is 0 Å². The van der Waals surface area contributed by atoms with Gasteiger partial charge in [0.1, 0.15) is 0 Å². The molecule has 8 heteroatoms. The lowest BCUT2D eigenvalue weighted by Crippen LogP contribution is -2.66. The van der Waals surface area contributed by atoms with Crippen LogP contribution in [-0.4, -0.2) is 28.2 Å². The maximum absolute atomic E-state index is 14.7. The van der Waals surface area contributed by atoms with Gasteiger partial charge in [0.25, 0.3) is 0 Å². The van der Waals surface area contributed by atoms with Crippen LogP contribution in [0.5, 0.6) is 0 Å². The highest BCUT2D eigenvalue weighted by molar-refractivity contribution is 5.95. The maximum atomic E-state index is 14.7. The Morgan fingerprint density at radius 3 is 2.46 bits per heavy atom. The van der Waals surface area contributed by atoms with E-state index in [4.69, 9.17) is 18.7 Å². The minimum atomic E-state index is -0.790. The lowest BCUT2D eigenvalue weighted by atomic mass is 9.34. The molecule has 7 rings (SSSR count). The molecule has 0 aliphatic heterocycles. The van der Waals surface area contributed by atoms with Gasteiger partial charge in [-0.05, 0) is 91.9 Å². The molecular formula is C33H45N3O5. The van der Waals surface area contributed by atoms with Crippen molar-refractivity contribution in [2.45, 2.75) is 111 Å². The van der Waals surface area contributed by atoms with Crippen LogP contribution in [0, 0.1) is 46.3 Å². The van der Waals surface area contributed by atoms with Gasteiger partial charge in [0, 0.05) is 24.3 Å². The van der Waals surface area contributed by atoms with Crippen molar-refractivity contribution < 1.29 is 23.5 Å². The Labute approximate surface area is 242 Å². The molecule has 0 saturated heterocycles. The number of hydrogen-bond acceptors (Lipinski definition) is 8. The van der Waals surface area contributed by atoms with Gasteiger partial charge in [-0.25, -0.2) is 9.78 Å². The monoisotopic (exact) mass is 563 g/mol. The van der Waals surface area contributed by atoms with E-state index in [0.29, 0.717) is 5.89 Å². The van der Waals surface area contributed by atoms with Crippen molar-refractivity contribution in [1.82, 2.24) is 15.4 Å². The highest BCUT2D eigenvalue weighted by Gasteiger charge is 2.71. The Morgan fingerprint density at radius 2 is 1.76 bits per heavy atom. The molecule has 0 N–H and O–H groups in total. The predicted molar refractivity (Wildman–Crippen MR) is 150 cm³/mol. The number of ketones is 1. The number of fused-ring (bicyclic) bond motifs is 8. The summed E-state index contributed by atoms with van der Waals surface area (Å²) >= 11 is 0. The minimum Gasteiger partial charge on any atom is -0.425 e. The van der Waals surface area contributed by atoms with Crippen molar-refractivity contribution >= 4 is 5.78 Å². The van der Waals surface area contributed by atoms with E-state index in [1.165, 1.54) is 5.57 Å². The van der Waals surface area contributed by atoms with Gasteiger partial charge in [-0.1, -0.05) is 45.3 Å². The summed E-state index contributed by atoms with van der Waals surface area (Å²) in [6, 6.07) is 0. The van der Waals surface area contributed by atoms with E-state index in [0.717, 1.165) is 68.6 Å². The Hall–Kier alpha value is -2.32. The first kappa shape index (κ1) is 27.5. The molecule has 3 saturated carbocycles. The average molecular weight is 564 g/mol. The fraction of sp³-hybridized carbons (Fsp3) is 0.758. The lowest BCUT2D eigenvalue weighted by molar-refractivity contribution is -0.375. The Bertz CT molecular complexity index is 1440. The fourth-order valence-electron chi connectivity index (χ4n) is 11.0. The van der Waals surface area contributed by atoms with Gasteiger partial charge in [-0.3, -0.25) is 4.79 Å². The van der Waals surface area contributed by atoms with E-state index in [-0.39, 0.29) is 50.6 Å². The third-order valence-electron chi connectivity index (χ3n) is 13.2. The quantitative estimate of drug-likeness (QED) is 0.296. The average Bonchev–Trinajstić information content (AvgIpc) is 3.55. The van der Waals surface area contributed by atoms with Crippen molar-refractivity contribution in [2.24, 2.45) is 39.4 Å². The Kier molecular flexibility index (Phi) is 5.64. The SMILES string of the molecule is COO[C@]1(C)c2oncc2C[C@]2(C)C3=CC(=O)[C@@H]4[C@@H]5CC(C)(C)CC[C@]5(c5nnc(C)o5)CC[C@@]4(C)[C@]3(C)CC[C@H]21. The van der Waals surface area contributed by atoms with Crippen molar-refractivity contribution in [1.29, 1.82) is 0 Å². The van der Waals surface area contributed by atoms with Crippen molar-refractivity contribution in [3.8, 4) is 0 Å². The summed E-state index contributed by atoms with van der Waals surface area (Å²) in [6.45, 7) is 15.9. The molecule has 41 heavy (non-hydrogen) atoms. The van der Waals surface area contributed by atoms with Crippen LogP contribution in [0.25, 0.3) is 0 Å². The second kappa shape index (κ2) is 8.40. The highest BCUT2D eigenvalue weighted by atomic mass is 17.2. The third-order valence-corrected chi connectivity index (χ3v) is 13.2. The topological polar surface area (TPSA) is 100 Å². The van der Waals surface area contributed by atoms with Crippen LogP contribution in [0.15, 0.2) is 26.8 Å². The fourth-order valence-corrected chi connectivity index (χ4v) is 11.0. The molecular weight excluding hydrogens is 518 g/mol. The highest BCUT2D eigenvalue weighted by Crippen LogP contribution is 2.75. The molecule has 2 aromatic heterocycles. The van der Waals surface area contributed by atoms with E-state index >= 15 is 0 Å². The van der Waals surface area contributed by atoms with E-state index < -0.39 is 5.60 Å². The Morgan fingerprint density at radius 1 is 1.00 bits per heavy atom. The normalized spacial score (nSPS) is 44.6. The molecule has 2 aromatic rings. The maximum Gasteiger partial charge on any atom is 0.222 e. The van der Waals surface area contributed by atoms with Crippen LogP contribution < -0.4 is 0 Å². The van der Waals surface area contributed by atoms with E-state index in [1.54, 1.807) is 7.11 Å². The van der Waals surface area contributed by atoms with Gasteiger partial charge in [-0.15, -0.1) is 10.2 Å². The second-order valence-electron chi connectivity index (χ2n) is 15.7. The van der Waals surface area contributed by atoms with E-state index in [1.807, 2.05) is 13.1 Å². The molecule has 0 aromatic carbocycles. The minimum absolute atomic E-state index is 0.0836. The van der Waals surface area contributed by atoms with Gasteiger partial charge in [0.05, 0.1) is 18.7 Å². The largest absolute Gasteiger partial charge is 0.425 e. The molecule has 0 spiro atoms. The molecule has 3 fully saturated rings. The van der Waals surface area contributed by atoms with Crippen LogP contribution in [0.3, 0.4) is 0 Å². The molecule has 0 radical (unpaired) electrons. The standard InChI is InChI=1S/C33H45N3O5/c1-19-35-36-27(39-19)33-13-11-28(2,3)17-21(33)25-22(37)15-24-29(4)16-20-18-34-40-26(20)32(7,41-38-8)23(29)9-10-30(24,5)31(25,6)12-14-33/h15,18,21,23,25H,9-14,16-17H2,1-8H3/t21-,23+,25-,29-,30+,31+,32-,33-/m0/s1. The number of nitrogens with zero attached hydrogens (tertiary/aromatic N) is 3. The van der Waals surface area contributed by atoms with Gasteiger partial charge in [0.15, 0.2) is 17.1 Å². The zero-order chi connectivity index (χ0) is 29.2. The summed E-state index contributed by atoms with van der Waals surface area (Å²) in [5.74, 6) is 2.53. The lowest BCUT2D eigenvalue weighted by Gasteiger charge is -2.69. The summed E-state index contributed by atoms with van der Waals surface area (Å²) in [5, 5.41) is 13.0. The third kappa shape index (κ3) is 3.35. The molecule has 2 heterocycles. The summed E-state index contributed by atoms with van der Waals surface area (Å²) < 4.78 is 12.0. The smallest absolute Gasteiger partial charge is 0.222 e. The molecule has 5 aliphatic rings. The van der Waals surface area contributed by atoms with Gasteiger partial charge in [-0.2, -0.15) is 0 Å². The number of rotatable bonds is 3. The van der Waals surface area contributed by atoms with Crippen LogP contribution in [0.1, 0.15) is 110 Å². The van der Waals surface area contributed by atoms with Crippen molar-refractivity contribution in [3.05, 3.63) is 41.0 Å². The number of carbonyl (C=O) groups excluding carboxylic acids is 1. The first-order valence-electron chi connectivity index (χ1n) is 15.5. The van der Waals surface area contributed by atoms with E-state index in [9.17, 15) is 4.79 Å². The zero-order valence-electron chi connectivity index (χ0n) is 25.9.